The minimum atomic E-state index is -0.657. The lowest BCUT2D eigenvalue weighted by Gasteiger charge is -2.28. The maximum atomic E-state index is 12.9. The number of methoxy groups -OCH3 is 1. The lowest BCUT2D eigenvalue weighted by molar-refractivity contribution is -0.113. The molecule has 3 amide bonds. The zero-order chi connectivity index (χ0) is 20.3. The van der Waals surface area contributed by atoms with Crippen LogP contribution < -0.4 is 16.0 Å². The number of benzene rings is 2. The molecule has 8 heteroatoms. The first-order valence-corrected chi connectivity index (χ1v) is 9.22. The Morgan fingerprint density at radius 3 is 2.32 bits per heavy atom. The molecule has 2 aromatic rings. The van der Waals surface area contributed by atoms with Crippen LogP contribution in [0.3, 0.4) is 0 Å². The molecule has 144 valence electrons. The fourth-order valence-electron chi connectivity index (χ4n) is 2.91. The quantitative estimate of drug-likeness (QED) is 0.629. The maximum Gasteiger partial charge on any atom is 0.337 e. The second-order valence-electron chi connectivity index (χ2n) is 6.14. The third kappa shape index (κ3) is 4.23. The summed E-state index contributed by atoms with van der Waals surface area (Å²) in [5.74, 6) is -0.796. The minimum absolute atomic E-state index is 0.339. The molecule has 3 rings (SSSR count). The van der Waals surface area contributed by atoms with E-state index in [0.29, 0.717) is 28.1 Å². The van der Waals surface area contributed by atoms with Gasteiger partial charge in [-0.05, 0) is 48.9 Å². The Labute approximate surface area is 170 Å². The molecule has 1 atom stereocenters. The van der Waals surface area contributed by atoms with E-state index in [1.807, 2.05) is 12.1 Å². The molecular weight excluding hydrogens is 426 g/mol. The normalized spacial score (nSPS) is 16.1. The number of ether oxygens (including phenoxy) is 1. The summed E-state index contributed by atoms with van der Waals surface area (Å²) in [7, 11) is 1.31. The van der Waals surface area contributed by atoms with Crippen molar-refractivity contribution in [3.05, 3.63) is 75.4 Å². The number of nitrogens with one attached hydrogen (secondary N) is 3. The summed E-state index contributed by atoms with van der Waals surface area (Å²) in [6, 6.07) is 12.7. The van der Waals surface area contributed by atoms with Gasteiger partial charge >= 0.3 is 12.0 Å². The number of hydrogen-bond acceptors (Lipinski definition) is 4. The number of halogens is 1. The second-order valence-corrected chi connectivity index (χ2v) is 7.06. The molecule has 1 aliphatic heterocycles. The Bertz CT molecular complexity index is 952. The average molecular weight is 444 g/mol. The molecular formula is C20H18BrN3O4. The molecule has 0 aromatic heterocycles. The summed E-state index contributed by atoms with van der Waals surface area (Å²) >= 11 is 3.35. The van der Waals surface area contributed by atoms with Crippen LogP contribution in [0.2, 0.25) is 0 Å². The predicted molar refractivity (Wildman–Crippen MR) is 108 cm³/mol. The highest BCUT2D eigenvalue weighted by molar-refractivity contribution is 9.10. The van der Waals surface area contributed by atoms with Gasteiger partial charge in [-0.15, -0.1) is 0 Å². The van der Waals surface area contributed by atoms with E-state index in [4.69, 9.17) is 4.74 Å². The molecule has 28 heavy (non-hydrogen) atoms. The van der Waals surface area contributed by atoms with E-state index in [1.54, 1.807) is 43.3 Å². The first-order chi connectivity index (χ1) is 13.4. The molecule has 0 radical (unpaired) electrons. The average Bonchev–Trinajstić information content (AvgIpc) is 2.68. The van der Waals surface area contributed by atoms with Crippen molar-refractivity contribution in [2.75, 3.05) is 12.4 Å². The first-order valence-electron chi connectivity index (χ1n) is 8.42. The summed E-state index contributed by atoms with van der Waals surface area (Å²) in [6.45, 7) is 1.67. The van der Waals surface area contributed by atoms with Crippen LogP contribution in [-0.2, 0) is 9.53 Å². The van der Waals surface area contributed by atoms with Gasteiger partial charge in [0.1, 0.15) is 0 Å². The van der Waals surface area contributed by atoms with Gasteiger partial charge in [-0.25, -0.2) is 9.59 Å². The number of carbonyl (C=O) groups is 3. The predicted octanol–water partition coefficient (Wildman–Crippen LogP) is 3.50. The van der Waals surface area contributed by atoms with Gasteiger partial charge in [0, 0.05) is 15.9 Å². The number of esters is 1. The van der Waals surface area contributed by atoms with E-state index in [-0.39, 0.29) is 5.91 Å². The molecule has 0 aliphatic carbocycles. The van der Waals surface area contributed by atoms with Crippen molar-refractivity contribution in [1.29, 1.82) is 0 Å². The zero-order valence-electron chi connectivity index (χ0n) is 15.2. The maximum absolute atomic E-state index is 12.9. The van der Waals surface area contributed by atoms with Crippen molar-refractivity contribution in [2.24, 2.45) is 0 Å². The van der Waals surface area contributed by atoms with Crippen molar-refractivity contribution in [2.45, 2.75) is 13.0 Å². The molecule has 0 fully saturated rings. The van der Waals surface area contributed by atoms with E-state index in [1.165, 1.54) is 7.11 Å². The SMILES string of the molecule is COC(=O)c1ccc(C2NC(=O)NC(C)=C2C(=O)Nc2ccc(Br)cc2)cc1. The third-order valence-electron chi connectivity index (χ3n) is 4.28. The topological polar surface area (TPSA) is 96.5 Å². The monoisotopic (exact) mass is 443 g/mol. The first kappa shape index (κ1) is 19.6. The number of amides is 3. The molecule has 3 N–H and O–H groups in total. The van der Waals surface area contributed by atoms with Gasteiger partial charge in [0.2, 0.25) is 0 Å². The van der Waals surface area contributed by atoms with Gasteiger partial charge in [-0.2, -0.15) is 0 Å². The Morgan fingerprint density at radius 1 is 1.07 bits per heavy atom. The van der Waals surface area contributed by atoms with Crippen molar-refractivity contribution in [3.63, 3.8) is 0 Å². The number of carbonyl (C=O) groups excluding carboxylic acids is 3. The Balaban J connectivity index is 1.90. The highest BCUT2D eigenvalue weighted by Crippen LogP contribution is 2.28. The van der Waals surface area contributed by atoms with Crippen LogP contribution >= 0.6 is 15.9 Å². The molecule has 1 aliphatic rings. The highest BCUT2D eigenvalue weighted by Gasteiger charge is 2.31. The van der Waals surface area contributed by atoms with Crippen molar-refractivity contribution in [1.82, 2.24) is 10.6 Å². The molecule has 1 unspecified atom stereocenters. The van der Waals surface area contributed by atoms with Crippen LogP contribution in [0.15, 0.2) is 64.3 Å². The van der Waals surface area contributed by atoms with E-state index < -0.39 is 18.0 Å². The van der Waals surface area contributed by atoms with Crippen molar-refractivity contribution >= 4 is 39.5 Å². The largest absolute Gasteiger partial charge is 0.465 e. The van der Waals surface area contributed by atoms with E-state index in [0.717, 1.165) is 4.47 Å². The van der Waals surface area contributed by atoms with Gasteiger partial charge in [-0.1, -0.05) is 28.1 Å². The van der Waals surface area contributed by atoms with Crippen LogP contribution in [0.4, 0.5) is 10.5 Å². The number of anilines is 1. The molecule has 2 aromatic carbocycles. The van der Waals surface area contributed by atoms with Gasteiger partial charge in [0.25, 0.3) is 5.91 Å². The van der Waals surface area contributed by atoms with Crippen LogP contribution in [0, 0.1) is 0 Å². The smallest absolute Gasteiger partial charge is 0.337 e. The lowest BCUT2D eigenvalue weighted by Crippen LogP contribution is -2.45. The van der Waals surface area contributed by atoms with Crippen LogP contribution in [0.1, 0.15) is 28.9 Å². The molecule has 1 heterocycles. The fraction of sp³-hybridized carbons (Fsp3) is 0.150. The standard InChI is InChI=1S/C20H18BrN3O4/c1-11-16(18(25)23-15-9-7-14(21)8-10-15)17(24-20(27)22-11)12-3-5-13(6-4-12)19(26)28-2/h3-10,17H,1-2H3,(H,23,25)(H2,22,24,27). The van der Waals surface area contributed by atoms with Crippen LogP contribution in [0.25, 0.3) is 0 Å². The fourth-order valence-corrected chi connectivity index (χ4v) is 3.17. The van der Waals surface area contributed by atoms with Crippen LogP contribution in [-0.4, -0.2) is 25.0 Å². The molecule has 0 saturated heterocycles. The van der Waals surface area contributed by atoms with Crippen molar-refractivity contribution < 1.29 is 19.1 Å². The number of rotatable bonds is 4. The van der Waals surface area contributed by atoms with E-state index in [2.05, 4.69) is 31.9 Å². The van der Waals surface area contributed by atoms with Gasteiger partial charge in [-0.3, -0.25) is 4.79 Å². The van der Waals surface area contributed by atoms with Crippen molar-refractivity contribution in [3.8, 4) is 0 Å². The van der Waals surface area contributed by atoms with E-state index in [9.17, 15) is 14.4 Å². The summed E-state index contributed by atoms with van der Waals surface area (Å²) in [5.41, 5.74) is 2.52. The Kier molecular flexibility index (Phi) is 5.79. The van der Waals surface area contributed by atoms with E-state index >= 15 is 0 Å². The zero-order valence-corrected chi connectivity index (χ0v) is 16.8. The summed E-state index contributed by atoms with van der Waals surface area (Å²) in [4.78, 5) is 36.5. The summed E-state index contributed by atoms with van der Waals surface area (Å²) in [6.07, 6.45) is 0. The van der Waals surface area contributed by atoms with Gasteiger partial charge in [0.05, 0.1) is 24.3 Å². The second kappa shape index (κ2) is 8.26. The van der Waals surface area contributed by atoms with Gasteiger partial charge < -0.3 is 20.7 Å². The number of urea groups is 1. The lowest BCUT2D eigenvalue weighted by atomic mass is 9.94. The molecule has 7 nitrogen and oxygen atoms in total. The minimum Gasteiger partial charge on any atom is -0.465 e. The molecule has 0 bridgehead atoms. The Morgan fingerprint density at radius 2 is 1.71 bits per heavy atom. The summed E-state index contributed by atoms with van der Waals surface area (Å²) in [5, 5.41) is 8.23. The third-order valence-corrected chi connectivity index (χ3v) is 4.81. The molecule has 0 saturated carbocycles. The summed E-state index contributed by atoms with van der Waals surface area (Å²) < 4.78 is 5.59. The van der Waals surface area contributed by atoms with Crippen LogP contribution in [0.5, 0.6) is 0 Å². The molecule has 0 spiro atoms. The number of hydrogen-bond donors (Lipinski definition) is 3. The number of allylic oxidation sites excluding steroid dienone is 1. The highest BCUT2D eigenvalue weighted by atomic mass is 79.9. The van der Waals surface area contributed by atoms with Gasteiger partial charge in [0.15, 0.2) is 0 Å². The Hall–Kier alpha value is -3.13.